The van der Waals surface area contributed by atoms with Crippen LogP contribution in [0.5, 0.6) is 11.5 Å². The fourth-order valence-corrected chi connectivity index (χ4v) is 6.38. The van der Waals surface area contributed by atoms with Gasteiger partial charge in [-0.15, -0.1) is 18.3 Å². The van der Waals surface area contributed by atoms with E-state index in [4.69, 9.17) is 4.74 Å². The molecular weight excluding hydrogens is 617 g/mol. The predicted molar refractivity (Wildman–Crippen MR) is 172 cm³/mol. The fraction of sp³-hybridized carbons (Fsp3) is 0.333. The maximum Gasteiger partial charge on any atom is 0.573 e. The first kappa shape index (κ1) is 31.5. The molecule has 13 heteroatoms. The van der Waals surface area contributed by atoms with Crippen molar-refractivity contribution in [3.05, 3.63) is 84.2 Å². The van der Waals surface area contributed by atoms with Gasteiger partial charge in [0.1, 0.15) is 17.8 Å². The number of carbonyl (C=O) groups excluding carboxylic acids is 1. The molecule has 46 heavy (non-hydrogen) atoms. The number of urea groups is 1. The summed E-state index contributed by atoms with van der Waals surface area (Å²) in [5.41, 5.74) is 3.95. The number of anilines is 1. The van der Waals surface area contributed by atoms with Crippen molar-refractivity contribution in [2.45, 2.75) is 50.9 Å². The average molecular weight is 651 g/mol. The van der Waals surface area contributed by atoms with Crippen LogP contribution >= 0.6 is 11.8 Å². The van der Waals surface area contributed by atoms with E-state index in [0.29, 0.717) is 16.7 Å². The first-order valence-electron chi connectivity index (χ1n) is 14.9. The normalized spacial score (nSPS) is 16.8. The predicted octanol–water partition coefficient (Wildman–Crippen LogP) is 7.66. The van der Waals surface area contributed by atoms with Gasteiger partial charge in [0.25, 0.3) is 0 Å². The van der Waals surface area contributed by atoms with Gasteiger partial charge >= 0.3 is 12.4 Å². The van der Waals surface area contributed by atoms with E-state index >= 15 is 0 Å². The van der Waals surface area contributed by atoms with Gasteiger partial charge in [0, 0.05) is 23.5 Å². The highest BCUT2D eigenvalue weighted by Crippen LogP contribution is 2.46. The Hall–Kier alpha value is -4.52. The van der Waals surface area contributed by atoms with Crippen LogP contribution in [0.25, 0.3) is 17.1 Å². The molecule has 2 aliphatic rings. The molecule has 1 saturated carbocycles. The second-order valence-electron chi connectivity index (χ2n) is 11.5. The maximum atomic E-state index is 13.3. The number of alkyl halides is 3. The molecule has 6 rings (SSSR count). The van der Waals surface area contributed by atoms with Crippen molar-refractivity contribution in [1.29, 1.82) is 0 Å². The first-order valence-corrected chi connectivity index (χ1v) is 15.9. The lowest BCUT2D eigenvalue weighted by molar-refractivity contribution is -0.274. The highest BCUT2D eigenvalue weighted by molar-refractivity contribution is 8.14. The average Bonchev–Trinajstić information content (AvgIpc) is 3.64. The van der Waals surface area contributed by atoms with E-state index in [1.54, 1.807) is 18.9 Å². The number of benzene rings is 3. The van der Waals surface area contributed by atoms with Crippen LogP contribution < -0.4 is 19.7 Å². The van der Waals surface area contributed by atoms with E-state index in [1.807, 2.05) is 42.5 Å². The Morgan fingerprint density at radius 2 is 1.76 bits per heavy atom. The van der Waals surface area contributed by atoms with Gasteiger partial charge < -0.3 is 19.7 Å². The number of nitrogens with one attached hydrogen (secondary N) is 1. The zero-order valence-corrected chi connectivity index (χ0v) is 26.4. The number of ether oxygens (including phenoxy) is 2. The molecule has 0 spiro atoms. The molecule has 1 saturated heterocycles. The lowest BCUT2D eigenvalue weighted by atomic mass is 10.00. The van der Waals surface area contributed by atoms with Crippen LogP contribution in [0.4, 0.5) is 23.7 Å². The fourth-order valence-electron chi connectivity index (χ4n) is 5.43. The summed E-state index contributed by atoms with van der Waals surface area (Å²) in [6, 6.07) is 18.7. The van der Waals surface area contributed by atoms with E-state index in [1.165, 1.54) is 35.3 Å². The topological polar surface area (TPSA) is 93.9 Å². The second kappa shape index (κ2) is 12.7. The molecule has 4 aromatic rings. The number of hydrogen-bond donors (Lipinski definition) is 1. The van der Waals surface area contributed by atoms with Crippen LogP contribution in [-0.4, -0.2) is 51.7 Å². The quantitative estimate of drug-likeness (QED) is 0.209. The standard InChI is InChI=1S/C33H33F3N6O3S/c1-21(2)27-19-26(44-3)13-14-28(27)41-17-4-18-46-31(41)38-30(43)39-32(15-16-32)23-7-5-22(6-8-23)29-37-20-42(40-29)24-9-11-25(12-10-24)45-33(34,35)36/h5-14,19-21H,4,15-18H2,1-3H3,(H,39,43)/b38-31-. The summed E-state index contributed by atoms with van der Waals surface area (Å²) in [4.78, 5) is 24.3. The number of thioether (sulfide) groups is 1. The van der Waals surface area contributed by atoms with E-state index in [-0.39, 0.29) is 17.7 Å². The lowest BCUT2D eigenvalue weighted by Crippen LogP contribution is -2.38. The molecule has 0 unspecified atom stereocenters. The molecule has 0 bridgehead atoms. The third-order valence-electron chi connectivity index (χ3n) is 7.95. The molecule has 3 aromatic carbocycles. The van der Waals surface area contributed by atoms with E-state index in [9.17, 15) is 18.0 Å². The van der Waals surface area contributed by atoms with Crippen molar-refractivity contribution in [3.63, 3.8) is 0 Å². The Kier molecular flexibility index (Phi) is 8.69. The Morgan fingerprint density at radius 3 is 2.41 bits per heavy atom. The summed E-state index contributed by atoms with van der Waals surface area (Å²) in [6.07, 6.45) is -0.670. The summed E-state index contributed by atoms with van der Waals surface area (Å²) in [7, 11) is 1.66. The Labute approximate surface area is 268 Å². The van der Waals surface area contributed by atoms with Gasteiger partial charge in [0.2, 0.25) is 0 Å². The van der Waals surface area contributed by atoms with Crippen molar-refractivity contribution in [3.8, 4) is 28.6 Å². The van der Waals surface area contributed by atoms with Crippen LogP contribution in [0.3, 0.4) is 0 Å². The van der Waals surface area contributed by atoms with Crippen molar-refractivity contribution in [1.82, 2.24) is 20.1 Å². The summed E-state index contributed by atoms with van der Waals surface area (Å²) in [5.74, 6) is 2.10. The number of rotatable bonds is 8. The number of amides is 2. The molecule has 240 valence electrons. The van der Waals surface area contributed by atoms with E-state index in [0.717, 1.165) is 59.7 Å². The van der Waals surface area contributed by atoms with Gasteiger partial charge in [0.05, 0.1) is 18.3 Å². The summed E-state index contributed by atoms with van der Waals surface area (Å²) in [5, 5.41) is 8.32. The minimum Gasteiger partial charge on any atom is -0.497 e. The van der Waals surface area contributed by atoms with Crippen molar-refractivity contribution < 1.29 is 27.4 Å². The number of aromatic nitrogens is 3. The Morgan fingerprint density at radius 1 is 1.04 bits per heavy atom. The van der Waals surface area contributed by atoms with Crippen molar-refractivity contribution in [2.75, 3.05) is 24.3 Å². The smallest absolute Gasteiger partial charge is 0.497 e. The number of carbonyl (C=O) groups is 1. The first-order chi connectivity index (χ1) is 22.0. The summed E-state index contributed by atoms with van der Waals surface area (Å²) < 4.78 is 48.3. The third kappa shape index (κ3) is 6.99. The minimum atomic E-state index is -4.76. The van der Waals surface area contributed by atoms with Crippen molar-refractivity contribution >= 4 is 28.6 Å². The van der Waals surface area contributed by atoms with Crippen LogP contribution in [0, 0.1) is 0 Å². The number of halogens is 3. The molecule has 2 fully saturated rings. The largest absolute Gasteiger partial charge is 0.573 e. The molecule has 1 aliphatic heterocycles. The molecule has 2 amide bonds. The van der Waals surface area contributed by atoms with Gasteiger partial charge in [-0.2, -0.15) is 4.99 Å². The van der Waals surface area contributed by atoms with Gasteiger partial charge in [-0.05, 0) is 78.8 Å². The minimum absolute atomic E-state index is 0.266. The zero-order chi connectivity index (χ0) is 32.5. The lowest BCUT2D eigenvalue weighted by Gasteiger charge is -2.32. The molecular formula is C33H33F3N6O3S. The monoisotopic (exact) mass is 650 g/mol. The number of aliphatic imine (C=N–C) groups is 1. The molecule has 0 radical (unpaired) electrons. The highest BCUT2D eigenvalue weighted by atomic mass is 32.2. The molecule has 1 N–H and O–H groups in total. The van der Waals surface area contributed by atoms with E-state index in [2.05, 4.69) is 43.9 Å². The zero-order valence-electron chi connectivity index (χ0n) is 25.5. The summed E-state index contributed by atoms with van der Waals surface area (Å²) in [6.45, 7) is 5.06. The Balaban J connectivity index is 1.14. The van der Waals surface area contributed by atoms with Crippen LogP contribution in [0.2, 0.25) is 0 Å². The molecule has 2 heterocycles. The van der Waals surface area contributed by atoms with Crippen LogP contribution in [0.1, 0.15) is 50.2 Å². The molecule has 1 aromatic heterocycles. The number of hydrogen-bond acceptors (Lipinski definition) is 6. The van der Waals surface area contributed by atoms with Gasteiger partial charge in [-0.3, -0.25) is 0 Å². The number of amidine groups is 1. The van der Waals surface area contributed by atoms with Crippen molar-refractivity contribution in [2.24, 2.45) is 4.99 Å². The molecule has 1 aliphatic carbocycles. The van der Waals surface area contributed by atoms with E-state index < -0.39 is 11.9 Å². The second-order valence-corrected chi connectivity index (χ2v) is 12.5. The van der Waals surface area contributed by atoms with Crippen LogP contribution in [0.15, 0.2) is 78.0 Å². The van der Waals surface area contributed by atoms with Crippen LogP contribution in [-0.2, 0) is 5.54 Å². The highest BCUT2D eigenvalue weighted by Gasteiger charge is 2.46. The number of methoxy groups -OCH3 is 1. The van der Waals surface area contributed by atoms with Gasteiger partial charge in [-0.1, -0.05) is 49.9 Å². The number of nitrogens with zero attached hydrogens (tertiary/aromatic N) is 5. The van der Waals surface area contributed by atoms with Gasteiger partial charge in [-0.25, -0.2) is 14.5 Å². The Bertz CT molecular complexity index is 1730. The molecule has 0 atom stereocenters. The maximum absolute atomic E-state index is 13.3. The molecule has 9 nitrogen and oxygen atoms in total. The summed E-state index contributed by atoms with van der Waals surface area (Å²) >= 11 is 1.59. The SMILES string of the molecule is COc1ccc(N2CCCS/C2=N\C(=O)NC2(c3ccc(-c4ncn(-c5ccc(OC(F)(F)F)cc5)n4)cc3)CC2)c(C(C)C)c1. The van der Waals surface area contributed by atoms with Gasteiger partial charge in [0.15, 0.2) is 11.0 Å². The third-order valence-corrected chi connectivity index (χ3v) is 9.01.